The van der Waals surface area contributed by atoms with E-state index in [0.29, 0.717) is 12.6 Å². The number of nitrogens with one attached hydrogen (secondary N) is 1. The van der Waals surface area contributed by atoms with E-state index in [4.69, 9.17) is 0 Å². The maximum absolute atomic E-state index is 13.0. The number of hydrogen-bond donors (Lipinski definition) is 1. The van der Waals surface area contributed by atoms with Gasteiger partial charge in [0, 0.05) is 6.54 Å². The topological polar surface area (TPSA) is 46.2 Å². The van der Waals surface area contributed by atoms with Crippen molar-refractivity contribution >= 4 is 10.0 Å². The van der Waals surface area contributed by atoms with Gasteiger partial charge in [0.15, 0.2) is 11.6 Å². The average molecular weight is 277 g/mol. The molecule has 0 spiro atoms. The van der Waals surface area contributed by atoms with E-state index < -0.39 is 21.7 Å². The molecule has 0 atom stereocenters. The van der Waals surface area contributed by atoms with Crippen LogP contribution in [0, 0.1) is 17.6 Å². The van der Waals surface area contributed by atoms with Crippen molar-refractivity contribution in [1.29, 1.82) is 0 Å². The van der Waals surface area contributed by atoms with E-state index >= 15 is 0 Å². The van der Waals surface area contributed by atoms with Gasteiger partial charge in [0.25, 0.3) is 0 Å². The van der Waals surface area contributed by atoms with Crippen LogP contribution < -0.4 is 4.72 Å². The molecule has 0 aliphatic heterocycles. The predicted molar refractivity (Wildman–Crippen MR) is 65.6 cm³/mol. The van der Waals surface area contributed by atoms with Crippen molar-refractivity contribution in [2.45, 2.75) is 31.6 Å². The second-order valence-electron chi connectivity index (χ2n) is 4.11. The van der Waals surface area contributed by atoms with E-state index in [2.05, 4.69) is 4.72 Å². The van der Waals surface area contributed by atoms with Gasteiger partial charge in [-0.05, 0) is 24.1 Å². The quantitative estimate of drug-likeness (QED) is 0.869. The fourth-order valence-corrected chi connectivity index (χ4v) is 2.66. The van der Waals surface area contributed by atoms with E-state index in [1.165, 1.54) is 0 Å². The van der Waals surface area contributed by atoms with Crippen molar-refractivity contribution in [1.82, 2.24) is 4.72 Å². The zero-order valence-electron chi connectivity index (χ0n) is 10.4. The van der Waals surface area contributed by atoms with Crippen LogP contribution in [0.2, 0.25) is 0 Å². The van der Waals surface area contributed by atoms with Crippen LogP contribution in [0.1, 0.15) is 26.7 Å². The number of halogens is 2. The molecule has 0 aliphatic rings. The molecule has 0 unspecified atom stereocenters. The normalized spacial score (nSPS) is 12.1. The minimum atomic E-state index is -3.77. The summed E-state index contributed by atoms with van der Waals surface area (Å²) in [7, 11) is -3.77. The summed E-state index contributed by atoms with van der Waals surface area (Å²) >= 11 is 0. The van der Waals surface area contributed by atoms with Crippen LogP contribution in [0.25, 0.3) is 0 Å². The van der Waals surface area contributed by atoms with Crippen LogP contribution in [-0.4, -0.2) is 15.0 Å². The molecule has 102 valence electrons. The van der Waals surface area contributed by atoms with Gasteiger partial charge in [-0.2, -0.15) is 0 Å². The highest BCUT2D eigenvalue weighted by atomic mass is 32.2. The first kappa shape index (κ1) is 15.0. The smallest absolute Gasteiger partial charge is 0.211 e. The largest absolute Gasteiger partial charge is 0.240 e. The van der Waals surface area contributed by atoms with Crippen molar-refractivity contribution < 1.29 is 17.2 Å². The standard InChI is InChI=1S/C12H17F2NO2S/c1-3-9(4-2)8-15-18(16,17)10-5-6-11(13)12(14)7-10/h5-7,9,15H,3-4,8H2,1-2H3. The minimum absolute atomic E-state index is 0.241. The molecule has 1 aromatic rings. The third-order valence-corrected chi connectivity index (χ3v) is 4.34. The van der Waals surface area contributed by atoms with Crippen molar-refractivity contribution in [3.63, 3.8) is 0 Å². The fourth-order valence-electron chi connectivity index (χ4n) is 1.53. The van der Waals surface area contributed by atoms with Gasteiger partial charge in [-0.25, -0.2) is 21.9 Å². The molecular formula is C12H17F2NO2S. The highest BCUT2D eigenvalue weighted by Gasteiger charge is 2.17. The first-order valence-electron chi connectivity index (χ1n) is 5.85. The number of hydrogen-bond acceptors (Lipinski definition) is 2. The Balaban J connectivity index is 2.83. The van der Waals surface area contributed by atoms with E-state index in [1.54, 1.807) is 0 Å². The van der Waals surface area contributed by atoms with Crippen LogP contribution in [-0.2, 0) is 10.0 Å². The maximum Gasteiger partial charge on any atom is 0.240 e. The molecule has 3 nitrogen and oxygen atoms in total. The maximum atomic E-state index is 13.0. The van der Waals surface area contributed by atoms with Crippen LogP contribution in [0.15, 0.2) is 23.1 Å². The molecule has 0 saturated carbocycles. The third-order valence-electron chi connectivity index (χ3n) is 2.92. The Morgan fingerprint density at radius 2 is 1.78 bits per heavy atom. The fraction of sp³-hybridized carbons (Fsp3) is 0.500. The summed E-state index contributed by atoms with van der Waals surface area (Å²) in [4.78, 5) is -0.257. The van der Waals surface area contributed by atoms with Gasteiger partial charge in [0.2, 0.25) is 10.0 Å². The second-order valence-corrected chi connectivity index (χ2v) is 5.88. The number of sulfonamides is 1. The van der Waals surface area contributed by atoms with Crippen molar-refractivity contribution in [2.75, 3.05) is 6.54 Å². The lowest BCUT2D eigenvalue weighted by Crippen LogP contribution is -2.29. The molecule has 0 heterocycles. The Bertz CT molecular complexity index is 499. The zero-order valence-corrected chi connectivity index (χ0v) is 11.2. The number of rotatable bonds is 6. The van der Waals surface area contributed by atoms with Crippen LogP contribution in [0.5, 0.6) is 0 Å². The molecule has 18 heavy (non-hydrogen) atoms. The van der Waals surface area contributed by atoms with Crippen LogP contribution in [0.3, 0.4) is 0 Å². The molecule has 1 rings (SSSR count). The van der Waals surface area contributed by atoms with E-state index in [-0.39, 0.29) is 10.8 Å². The van der Waals surface area contributed by atoms with E-state index in [1.807, 2.05) is 13.8 Å². The third kappa shape index (κ3) is 3.74. The molecule has 0 radical (unpaired) electrons. The molecule has 0 amide bonds. The Hall–Kier alpha value is -1.01. The Morgan fingerprint density at radius 3 is 2.28 bits per heavy atom. The van der Waals surface area contributed by atoms with E-state index in [9.17, 15) is 17.2 Å². The van der Waals surface area contributed by atoms with Gasteiger partial charge in [-0.1, -0.05) is 26.7 Å². The van der Waals surface area contributed by atoms with Gasteiger partial charge in [0.05, 0.1) is 4.90 Å². The van der Waals surface area contributed by atoms with Gasteiger partial charge in [-0.15, -0.1) is 0 Å². The van der Waals surface area contributed by atoms with Crippen molar-refractivity contribution in [3.8, 4) is 0 Å². The minimum Gasteiger partial charge on any atom is -0.211 e. The Morgan fingerprint density at radius 1 is 1.17 bits per heavy atom. The summed E-state index contributed by atoms with van der Waals surface area (Å²) in [5.74, 6) is -1.99. The number of benzene rings is 1. The predicted octanol–water partition coefficient (Wildman–Crippen LogP) is 2.68. The first-order chi connectivity index (χ1) is 8.40. The molecule has 1 aromatic carbocycles. The van der Waals surface area contributed by atoms with Gasteiger partial charge < -0.3 is 0 Å². The Labute approximate surface area is 106 Å². The Kier molecular flexibility index (Phi) is 5.22. The summed E-state index contributed by atoms with van der Waals surface area (Å²) in [5.41, 5.74) is 0. The van der Waals surface area contributed by atoms with Gasteiger partial charge >= 0.3 is 0 Å². The summed E-state index contributed by atoms with van der Waals surface area (Å²) in [6.45, 7) is 4.24. The molecule has 0 saturated heterocycles. The average Bonchev–Trinajstić information content (AvgIpc) is 2.33. The summed E-state index contributed by atoms with van der Waals surface area (Å²) in [6.07, 6.45) is 1.72. The van der Waals surface area contributed by atoms with Crippen LogP contribution in [0.4, 0.5) is 8.78 Å². The molecule has 0 fully saturated rings. The molecule has 0 aliphatic carbocycles. The molecule has 0 bridgehead atoms. The summed E-state index contributed by atoms with van der Waals surface area (Å²) in [6, 6.07) is 2.54. The van der Waals surface area contributed by atoms with E-state index in [0.717, 1.165) is 25.0 Å². The summed E-state index contributed by atoms with van der Waals surface area (Å²) < 4.78 is 51.8. The molecule has 1 N–H and O–H groups in total. The first-order valence-corrected chi connectivity index (χ1v) is 7.33. The SMILES string of the molecule is CCC(CC)CNS(=O)(=O)c1ccc(F)c(F)c1. The molecular weight excluding hydrogens is 260 g/mol. The van der Waals surface area contributed by atoms with Crippen molar-refractivity contribution in [2.24, 2.45) is 5.92 Å². The highest BCUT2D eigenvalue weighted by molar-refractivity contribution is 7.89. The monoisotopic (exact) mass is 277 g/mol. The lowest BCUT2D eigenvalue weighted by molar-refractivity contribution is 0.477. The molecule has 6 heteroatoms. The zero-order chi connectivity index (χ0) is 13.8. The van der Waals surface area contributed by atoms with Gasteiger partial charge in [-0.3, -0.25) is 0 Å². The van der Waals surface area contributed by atoms with Crippen LogP contribution >= 0.6 is 0 Å². The van der Waals surface area contributed by atoms with Gasteiger partial charge in [0.1, 0.15) is 0 Å². The summed E-state index contributed by atoms with van der Waals surface area (Å²) in [5, 5.41) is 0. The lowest BCUT2D eigenvalue weighted by atomic mass is 10.0. The molecule has 0 aromatic heterocycles. The lowest BCUT2D eigenvalue weighted by Gasteiger charge is -2.13. The van der Waals surface area contributed by atoms with Crippen molar-refractivity contribution in [3.05, 3.63) is 29.8 Å². The second kappa shape index (κ2) is 6.24. The highest BCUT2D eigenvalue weighted by Crippen LogP contribution is 2.14.